The van der Waals surface area contributed by atoms with E-state index < -0.39 is 5.82 Å². The van der Waals surface area contributed by atoms with Gasteiger partial charge in [0.05, 0.1) is 19.9 Å². The van der Waals surface area contributed by atoms with Crippen LogP contribution < -0.4 is 5.32 Å². The molecule has 2 rings (SSSR count). The highest BCUT2D eigenvalue weighted by Gasteiger charge is 2.17. The Labute approximate surface area is 142 Å². The number of hydrogen-bond donors (Lipinski definition) is 1. The molecular formula is C15H16ClFIN3. The molecule has 1 aromatic heterocycles. The summed E-state index contributed by atoms with van der Waals surface area (Å²) in [6.45, 7) is 4.24. The molecule has 0 unspecified atom stereocenters. The van der Waals surface area contributed by atoms with Gasteiger partial charge in [-0.25, -0.2) is 14.4 Å². The predicted molar refractivity (Wildman–Crippen MR) is 93.2 cm³/mol. The molecule has 0 bridgehead atoms. The minimum Gasteiger partial charge on any atom is -0.372 e. The lowest BCUT2D eigenvalue weighted by atomic mass is 10.1. The highest BCUT2D eigenvalue weighted by molar-refractivity contribution is 14.1. The van der Waals surface area contributed by atoms with Gasteiger partial charge in [-0.05, 0) is 47.1 Å². The zero-order chi connectivity index (χ0) is 15.6. The Bertz CT molecular complexity index is 662. The molecule has 2 aromatic rings. The average molecular weight is 420 g/mol. The van der Waals surface area contributed by atoms with Crippen LogP contribution in [0.3, 0.4) is 0 Å². The second-order valence-corrected chi connectivity index (χ2v) is 6.59. The first-order valence-electron chi connectivity index (χ1n) is 6.62. The molecule has 0 amide bonds. The molecule has 0 aliphatic heterocycles. The Kier molecular flexibility index (Phi) is 5.37. The molecule has 0 aliphatic carbocycles. The van der Waals surface area contributed by atoms with Crippen molar-refractivity contribution in [2.45, 2.75) is 20.3 Å². The summed E-state index contributed by atoms with van der Waals surface area (Å²) in [7, 11) is 1.79. The van der Waals surface area contributed by atoms with Crippen molar-refractivity contribution >= 4 is 40.0 Å². The molecule has 0 fully saturated rings. The van der Waals surface area contributed by atoms with Gasteiger partial charge in [0, 0.05) is 7.05 Å². The van der Waals surface area contributed by atoms with Crippen LogP contribution in [0.4, 0.5) is 10.2 Å². The van der Waals surface area contributed by atoms with Crippen molar-refractivity contribution in [1.29, 1.82) is 0 Å². The summed E-state index contributed by atoms with van der Waals surface area (Å²) in [5, 5.41) is 3.11. The fourth-order valence-corrected chi connectivity index (χ4v) is 2.88. The van der Waals surface area contributed by atoms with E-state index in [0.29, 0.717) is 23.1 Å². The van der Waals surface area contributed by atoms with Crippen LogP contribution in [-0.2, 0) is 6.42 Å². The second kappa shape index (κ2) is 6.87. The lowest BCUT2D eigenvalue weighted by Crippen LogP contribution is -2.08. The normalized spacial score (nSPS) is 11.0. The Morgan fingerprint density at radius 1 is 1.33 bits per heavy atom. The maximum Gasteiger partial charge on any atom is 0.164 e. The van der Waals surface area contributed by atoms with Crippen molar-refractivity contribution in [2.24, 2.45) is 5.92 Å². The van der Waals surface area contributed by atoms with Gasteiger partial charge < -0.3 is 5.32 Å². The highest BCUT2D eigenvalue weighted by Crippen LogP contribution is 2.29. The smallest absolute Gasteiger partial charge is 0.164 e. The van der Waals surface area contributed by atoms with Gasteiger partial charge in [-0.2, -0.15) is 0 Å². The molecule has 0 atom stereocenters. The second-order valence-electron chi connectivity index (χ2n) is 5.11. The van der Waals surface area contributed by atoms with Crippen LogP contribution >= 0.6 is 34.2 Å². The Balaban J connectivity index is 2.61. The third-order valence-electron chi connectivity index (χ3n) is 2.95. The predicted octanol–water partition coefficient (Wildman–Crippen LogP) is 4.78. The summed E-state index contributed by atoms with van der Waals surface area (Å²) in [5.74, 6) is 1.03. The number of anilines is 1. The molecular weight excluding hydrogens is 404 g/mol. The number of halogens is 3. The minimum atomic E-state index is -0.488. The summed E-state index contributed by atoms with van der Waals surface area (Å²) in [6.07, 6.45) is 0.810. The third kappa shape index (κ3) is 3.63. The number of benzene rings is 1. The van der Waals surface area contributed by atoms with Crippen LogP contribution in [0.2, 0.25) is 5.02 Å². The molecule has 1 heterocycles. The van der Waals surface area contributed by atoms with Gasteiger partial charge in [-0.3, -0.25) is 0 Å². The van der Waals surface area contributed by atoms with Crippen LogP contribution in [0.25, 0.3) is 11.4 Å². The summed E-state index contributed by atoms with van der Waals surface area (Å²) in [4.78, 5) is 8.94. The molecule has 0 saturated carbocycles. The lowest BCUT2D eigenvalue weighted by molar-refractivity contribution is 0.625. The van der Waals surface area contributed by atoms with E-state index in [4.69, 9.17) is 11.6 Å². The number of nitrogens with one attached hydrogen (secondary N) is 1. The molecule has 0 aliphatic rings. The number of hydrogen-bond acceptors (Lipinski definition) is 3. The summed E-state index contributed by atoms with van der Waals surface area (Å²) in [6, 6.07) is 4.85. The monoisotopic (exact) mass is 419 g/mol. The third-order valence-corrected chi connectivity index (χ3v) is 4.38. The van der Waals surface area contributed by atoms with E-state index in [1.54, 1.807) is 19.2 Å². The first-order valence-corrected chi connectivity index (χ1v) is 8.08. The van der Waals surface area contributed by atoms with Gasteiger partial charge in [0.15, 0.2) is 11.6 Å². The Hall–Kier alpha value is -0.950. The van der Waals surface area contributed by atoms with E-state index in [9.17, 15) is 4.39 Å². The fourth-order valence-electron chi connectivity index (χ4n) is 1.98. The molecule has 1 N–H and O–H groups in total. The highest BCUT2D eigenvalue weighted by atomic mass is 127. The van der Waals surface area contributed by atoms with Crippen molar-refractivity contribution in [3.63, 3.8) is 0 Å². The number of aromatic nitrogens is 2. The summed E-state index contributed by atoms with van der Waals surface area (Å²) >= 11 is 8.06. The van der Waals surface area contributed by atoms with E-state index >= 15 is 0 Å². The van der Waals surface area contributed by atoms with Crippen LogP contribution in [0.15, 0.2) is 18.2 Å². The topological polar surface area (TPSA) is 37.8 Å². The van der Waals surface area contributed by atoms with Crippen molar-refractivity contribution in [3.05, 3.63) is 38.3 Å². The van der Waals surface area contributed by atoms with Crippen molar-refractivity contribution in [3.8, 4) is 11.4 Å². The van der Waals surface area contributed by atoms with Crippen molar-refractivity contribution < 1.29 is 4.39 Å². The van der Waals surface area contributed by atoms with Crippen LogP contribution in [-0.4, -0.2) is 17.0 Å². The van der Waals surface area contributed by atoms with Gasteiger partial charge in [0.25, 0.3) is 0 Å². The fraction of sp³-hybridized carbons (Fsp3) is 0.333. The molecule has 0 spiro atoms. The van der Waals surface area contributed by atoms with E-state index in [1.165, 1.54) is 6.07 Å². The van der Waals surface area contributed by atoms with E-state index in [0.717, 1.165) is 15.7 Å². The van der Waals surface area contributed by atoms with Gasteiger partial charge >= 0.3 is 0 Å². The van der Waals surface area contributed by atoms with Crippen LogP contribution in [0.1, 0.15) is 19.5 Å². The number of nitrogens with zero attached hydrogens (tertiary/aromatic N) is 2. The first-order chi connectivity index (χ1) is 9.93. The standard InChI is InChI=1S/C15H16ClFIN3/c1-8(2)7-11-13(18)15(19-3)21-14(20-11)9-5-4-6-10(16)12(9)17/h4-6,8H,7H2,1-3H3,(H,19,20,21). The maximum absolute atomic E-state index is 14.2. The first kappa shape index (κ1) is 16.4. The zero-order valence-electron chi connectivity index (χ0n) is 12.0. The van der Waals surface area contributed by atoms with Gasteiger partial charge in [-0.15, -0.1) is 0 Å². The maximum atomic E-state index is 14.2. The molecule has 21 heavy (non-hydrogen) atoms. The Morgan fingerprint density at radius 2 is 2.05 bits per heavy atom. The lowest BCUT2D eigenvalue weighted by Gasteiger charge is -2.13. The van der Waals surface area contributed by atoms with Crippen molar-refractivity contribution in [1.82, 2.24) is 9.97 Å². The van der Waals surface area contributed by atoms with Crippen LogP contribution in [0.5, 0.6) is 0 Å². The molecule has 1 aromatic carbocycles. The van der Waals surface area contributed by atoms with E-state index in [1.807, 2.05) is 0 Å². The van der Waals surface area contributed by atoms with Crippen LogP contribution in [0, 0.1) is 15.3 Å². The zero-order valence-corrected chi connectivity index (χ0v) is 15.0. The van der Waals surface area contributed by atoms with E-state index in [-0.39, 0.29) is 5.02 Å². The molecule has 0 radical (unpaired) electrons. The Morgan fingerprint density at radius 3 is 2.67 bits per heavy atom. The molecule has 3 nitrogen and oxygen atoms in total. The van der Waals surface area contributed by atoms with Gasteiger partial charge in [0.1, 0.15) is 5.82 Å². The SMILES string of the molecule is CNc1nc(-c2cccc(Cl)c2F)nc(CC(C)C)c1I. The number of rotatable bonds is 4. The van der Waals surface area contributed by atoms with E-state index in [2.05, 4.69) is 51.7 Å². The van der Waals surface area contributed by atoms with Gasteiger partial charge in [-0.1, -0.05) is 31.5 Å². The average Bonchev–Trinajstić information content (AvgIpc) is 2.43. The van der Waals surface area contributed by atoms with Crippen molar-refractivity contribution in [2.75, 3.05) is 12.4 Å². The summed E-state index contributed by atoms with van der Waals surface area (Å²) in [5.41, 5.74) is 1.24. The quantitative estimate of drug-likeness (QED) is 0.725. The molecule has 6 heteroatoms. The molecule has 0 saturated heterocycles. The minimum absolute atomic E-state index is 0.0751. The largest absolute Gasteiger partial charge is 0.372 e. The van der Waals surface area contributed by atoms with Gasteiger partial charge in [0.2, 0.25) is 0 Å². The summed E-state index contributed by atoms with van der Waals surface area (Å²) < 4.78 is 15.2. The molecule has 112 valence electrons.